The highest BCUT2D eigenvalue weighted by Gasteiger charge is 2.22. The van der Waals surface area contributed by atoms with Crippen LogP contribution < -0.4 is 10.1 Å². The molecule has 0 unspecified atom stereocenters. The molecule has 0 aliphatic heterocycles. The standard InChI is InChI=1S/C19H18N2O4S/c1-11-12(2)26-18(16(11)19(23)25-4)21-17(22)14(10-20)9-13-5-7-15(24-3)8-6-13/h5-9H,1-4H3,(H,21,22)/b14-9+. The van der Waals surface area contributed by atoms with Gasteiger partial charge in [-0.1, -0.05) is 12.1 Å². The number of ether oxygens (including phenoxy) is 2. The van der Waals surface area contributed by atoms with Gasteiger partial charge in [0.15, 0.2) is 0 Å². The van der Waals surface area contributed by atoms with Crippen LogP contribution in [0.3, 0.4) is 0 Å². The average molecular weight is 370 g/mol. The number of thiophene rings is 1. The van der Waals surface area contributed by atoms with Crippen molar-refractivity contribution in [1.82, 2.24) is 0 Å². The molecule has 134 valence electrons. The van der Waals surface area contributed by atoms with Crippen molar-refractivity contribution in [2.75, 3.05) is 19.5 Å². The summed E-state index contributed by atoms with van der Waals surface area (Å²) in [7, 11) is 2.84. The molecule has 1 N–H and O–H groups in total. The van der Waals surface area contributed by atoms with Gasteiger partial charge in [0.25, 0.3) is 5.91 Å². The van der Waals surface area contributed by atoms with E-state index in [1.807, 2.05) is 13.0 Å². The zero-order valence-electron chi connectivity index (χ0n) is 14.9. The number of hydrogen-bond acceptors (Lipinski definition) is 6. The van der Waals surface area contributed by atoms with E-state index in [0.717, 1.165) is 10.4 Å². The van der Waals surface area contributed by atoms with E-state index >= 15 is 0 Å². The number of esters is 1. The lowest BCUT2D eigenvalue weighted by atomic mass is 10.1. The van der Waals surface area contributed by atoms with Gasteiger partial charge in [-0.15, -0.1) is 11.3 Å². The van der Waals surface area contributed by atoms with Crippen molar-refractivity contribution in [2.24, 2.45) is 0 Å². The van der Waals surface area contributed by atoms with Crippen molar-refractivity contribution in [3.8, 4) is 11.8 Å². The zero-order valence-corrected chi connectivity index (χ0v) is 15.7. The molecule has 2 aromatic rings. The Morgan fingerprint density at radius 3 is 2.38 bits per heavy atom. The molecule has 0 aliphatic rings. The summed E-state index contributed by atoms with van der Waals surface area (Å²) in [5.74, 6) is -0.438. The topological polar surface area (TPSA) is 88.4 Å². The van der Waals surface area contributed by atoms with Crippen LogP contribution in [0.1, 0.15) is 26.4 Å². The van der Waals surface area contributed by atoms with Gasteiger partial charge in [0.1, 0.15) is 22.4 Å². The summed E-state index contributed by atoms with van der Waals surface area (Å²) >= 11 is 1.27. The fourth-order valence-electron chi connectivity index (χ4n) is 2.25. The number of amides is 1. The highest BCUT2D eigenvalue weighted by atomic mass is 32.1. The van der Waals surface area contributed by atoms with Gasteiger partial charge < -0.3 is 14.8 Å². The maximum absolute atomic E-state index is 12.5. The first kappa shape index (κ1) is 19.2. The number of nitrogens with one attached hydrogen (secondary N) is 1. The third-order valence-electron chi connectivity index (χ3n) is 3.79. The van der Waals surface area contributed by atoms with Gasteiger partial charge in [-0.05, 0) is 43.2 Å². The van der Waals surface area contributed by atoms with Gasteiger partial charge in [0.05, 0.1) is 19.8 Å². The maximum atomic E-state index is 12.5. The van der Waals surface area contributed by atoms with Crippen LogP contribution in [0.15, 0.2) is 29.8 Å². The van der Waals surface area contributed by atoms with Crippen molar-refractivity contribution >= 4 is 34.3 Å². The minimum absolute atomic E-state index is 0.0744. The molecule has 7 heteroatoms. The minimum Gasteiger partial charge on any atom is -0.497 e. The Balaban J connectivity index is 2.30. The normalized spacial score (nSPS) is 10.8. The van der Waals surface area contributed by atoms with E-state index in [1.165, 1.54) is 24.5 Å². The minimum atomic E-state index is -0.588. The second-order valence-electron chi connectivity index (χ2n) is 5.38. The molecule has 1 heterocycles. The van der Waals surface area contributed by atoms with Crippen LogP contribution in [-0.4, -0.2) is 26.1 Å². The van der Waals surface area contributed by atoms with Crippen LogP contribution in [0.4, 0.5) is 5.00 Å². The molecule has 26 heavy (non-hydrogen) atoms. The number of anilines is 1. The third-order valence-corrected chi connectivity index (χ3v) is 4.92. The molecule has 1 aromatic heterocycles. The average Bonchev–Trinajstić information content (AvgIpc) is 2.93. The fourth-order valence-corrected chi connectivity index (χ4v) is 3.29. The molecule has 0 radical (unpaired) electrons. The predicted molar refractivity (Wildman–Crippen MR) is 100 cm³/mol. The van der Waals surface area contributed by atoms with Gasteiger partial charge in [0, 0.05) is 4.88 Å². The van der Waals surface area contributed by atoms with Crippen LogP contribution in [0.2, 0.25) is 0 Å². The summed E-state index contributed by atoms with van der Waals surface area (Å²) in [6, 6.07) is 8.84. The largest absolute Gasteiger partial charge is 0.497 e. The number of hydrogen-bond donors (Lipinski definition) is 1. The summed E-state index contributed by atoms with van der Waals surface area (Å²) < 4.78 is 9.86. The Kier molecular flexibility index (Phi) is 6.15. The number of carbonyl (C=O) groups excluding carboxylic acids is 2. The molecule has 6 nitrogen and oxygen atoms in total. The molecule has 0 aliphatic carbocycles. The molecule has 1 aromatic carbocycles. The number of methoxy groups -OCH3 is 2. The second kappa shape index (κ2) is 8.32. The van der Waals surface area contributed by atoms with Gasteiger partial charge in [-0.2, -0.15) is 5.26 Å². The predicted octanol–water partition coefficient (Wildman–Crippen LogP) is 3.71. The molecule has 0 saturated heterocycles. The van der Waals surface area contributed by atoms with E-state index in [0.29, 0.717) is 21.9 Å². The smallest absolute Gasteiger partial charge is 0.341 e. The summed E-state index contributed by atoms with van der Waals surface area (Å²) in [6.07, 6.45) is 1.47. The maximum Gasteiger partial charge on any atom is 0.341 e. The highest BCUT2D eigenvalue weighted by Crippen LogP contribution is 2.33. The Labute approximate surface area is 155 Å². The van der Waals surface area contributed by atoms with Crippen LogP contribution in [0.5, 0.6) is 5.75 Å². The molecule has 0 fully saturated rings. The zero-order chi connectivity index (χ0) is 19.3. The molecule has 0 bridgehead atoms. The van der Waals surface area contributed by atoms with E-state index in [9.17, 15) is 14.9 Å². The second-order valence-corrected chi connectivity index (χ2v) is 6.60. The van der Waals surface area contributed by atoms with Gasteiger partial charge >= 0.3 is 5.97 Å². The molecular weight excluding hydrogens is 352 g/mol. The number of benzene rings is 1. The van der Waals surface area contributed by atoms with Crippen LogP contribution in [0, 0.1) is 25.2 Å². The molecule has 2 rings (SSSR count). The summed E-state index contributed by atoms with van der Waals surface area (Å²) in [4.78, 5) is 25.4. The number of nitrogens with zero attached hydrogens (tertiary/aromatic N) is 1. The van der Waals surface area contributed by atoms with Crippen molar-refractivity contribution in [2.45, 2.75) is 13.8 Å². The Morgan fingerprint density at radius 1 is 1.19 bits per heavy atom. The van der Waals surface area contributed by atoms with E-state index in [2.05, 4.69) is 5.32 Å². The lowest BCUT2D eigenvalue weighted by molar-refractivity contribution is -0.112. The van der Waals surface area contributed by atoms with E-state index in [1.54, 1.807) is 38.3 Å². The first-order valence-corrected chi connectivity index (χ1v) is 8.48. The Hall–Kier alpha value is -3.11. The number of aryl methyl sites for hydroxylation is 1. The van der Waals surface area contributed by atoms with Crippen LogP contribution >= 0.6 is 11.3 Å². The van der Waals surface area contributed by atoms with Crippen LogP contribution in [-0.2, 0) is 9.53 Å². The van der Waals surface area contributed by atoms with E-state index in [4.69, 9.17) is 9.47 Å². The first-order chi connectivity index (χ1) is 12.4. The molecule has 0 spiro atoms. The lowest BCUT2D eigenvalue weighted by Crippen LogP contribution is -2.15. The van der Waals surface area contributed by atoms with Crippen molar-refractivity contribution < 1.29 is 19.1 Å². The molecular formula is C19H18N2O4S. The van der Waals surface area contributed by atoms with E-state index in [-0.39, 0.29) is 5.57 Å². The highest BCUT2D eigenvalue weighted by molar-refractivity contribution is 7.16. The third kappa shape index (κ3) is 4.10. The quantitative estimate of drug-likeness (QED) is 0.492. The van der Waals surface area contributed by atoms with Crippen LogP contribution in [0.25, 0.3) is 6.08 Å². The molecule has 0 saturated carbocycles. The lowest BCUT2D eigenvalue weighted by Gasteiger charge is -2.06. The van der Waals surface area contributed by atoms with Crippen molar-refractivity contribution in [1.29, 1.82) is 5.26 Å². The number of carbonyl (C=O) groups is 2. The summed E-state index contributed by atoms with van der Waals surface area (Å²) in [6.45, 7) is 3.63. The van der Waals surface area contributed by atoms with Crippen molar-refractivity contribution in [3.63, 3.8) is 0 Å². The summed E-state index contributed by atoms with van der Waals surface area (Å²) in [5, 5.41) is 12.3. The first-order valence-electron chi connectivity index (χ1n) is 7.66. The van der Waals surface area contributed by atoms with Gasteiger partial charge in [-0.3, -0.25) is 4.79 Å². The van der Waals surface area contributed by atoms with E-state index < -0.39 is 11.9 Å². The molecule has 0 atom stereocenters. The Morgan fingerprint density at radius 2 is 1.85 bits per heavy atom. The Bertz CT molecular complexity index is 905. The fraction of sp³-hybridized carbons (Fsp3) is 0.211. The monoisotopic (exact) mass is 370 g/mol. The SMILES string of the molecule is COC(=O)c1c(NC(=O)/C(C#N)=C/c2ccc(OC)cc2)sc(C)c1C. The van der Waals surface area contributed by atoms with Gasteiger partial charge in [-0.25, -0.2) is 4.79 Å². The number of nitriles is 1. The number of rotatable bonds is 5. The van der Waals surface area contributed by atoms with Gasteiger partial charge in [0.2, 0.25) is 0 Å². The van der Waals surface area contributed by atoms with Crippen molar-refractivity contribution in [3.05, 3.63) is 51.4 Å². The molecule has 1 amide bonds. The summed E-state index contributed by atoms with van der Waals surface area (Å²) in [5.41, 5.74) is 1.67.